The second-order valence-electron chi connectivity index (χ2n) is 4.57. The van der Waals surface area contributed by atoms with Gasteiger partial charge in [-0.05, 0) is 48.4 Å². The molecule has 2 aromatic rings. The average Bonchev–Trinajstić information content (AvgIpc) is 2.53. The predicted octanol–water partition coefficient (Wildman–Crippen LogP) is 3.98. The molecule has 0 aromatic heterocycles. The van der Waals surface area contributed by atoms with Gasteiger partial charge in [-0.3, -0.25) is 0 Å². The number of hydrogen-bond donors (Lipinski definition) is 0. The van der Waals surface area contributed by atoms with E-state index in [1.807, 2.05) is 24.3 Å². The van der Waals surface area contributed by atoms with Crippen LogP contribution >= 0.6 is 0 Å². The molecule has 0 fully saturated rings. The van der Waals surface area contributed by atoms with Crippen LogP contribution in [0.1, 0.15) is 18.1 Å². The molecule has 0 amide bonds. The van der Waals surface area contributed by atoms with Gasteiger partial charge >= 0.3 is 5.97 Å². The van der Waals surface area contributed by atoms with Crippen molar-refractivity contribution in [3.8, 4) is 5.75 Å². The van der Waals surface area contributed by atoms with Crippen LogP contribution in [0.3, 0.4) is 0 Å². The van der Waals surface area contributed by atoms with Gasteiger partial charge in [0, 0.05) is 6.08 Å². The van der Waals surface area contributed by atoms with Crippen molar-refractivity contribution in [3.05, 3.63) is 71.6 Å². The van der Waals surface area contributed by atoms with E-state index in [1.54, 1.807) is 25.1 Å². The van der Waals surface area contributed by atoms with E-state index >= 15 is 0 Å². The Balaban J connectivity index is 1.96. The Kier molecular flexibility index (Phi) is 5.72. The van der Waals surface area contributed by atoms with Crippen molar-refractivity contribution < 1.29 is 18.7 Å². The molecule has 114 valence electrons. The fourth-order valence-electron chi connectivity index (χ4n) is 1.81. The number of benzene rings is 2. The third-order valence-electron chi connectivity index (χ3n) is 2.88. The van der Waals surface area contributed by atoms with Gasteiger partial charge in [0.15, 0.2) is 0 Å². The van der Waals surface area contributed by atoms with E-state index < -0.39 is 0 Å². The molecule has 0 saturated carbocycles. The molecular formula is C18H17FO3. The van der Waals surface area contributed by atoms with Gasteiger partial charge in [0.1, 0.15) is 18.2 Å². The zero-order valence-corrected chi connectivity index (χ0v) is 12.3. The van der Waals surface area contributed by atoms with Crippen LogP contribution < -0.4 is 4.74 Å². The van der Waals surface area contributed by atoms with Crippen molar-refractivity contribution in [2.75, 3.05) is 6.61 Å². The molecule has 0 aliphatic carbocycles. The van der Waals surface area contributed by atoms with Crippen LogP contribution in [0.5, 0.6) is 5.75 Å². The fraction of sp³-hybridized carbons (Fsp3) is 0.167. The third kappa shape index (κ3) is 5.05. The van der Waals surface area contributed by atoms with Crippen LogP contribution in [0.25, 0.3) is 6.08 Å². The van der Waals surface area contributed by atoms with Gasteiger partial charge in [0.2, 0.25) is 0 Å². The van der Waals surface area contributed by atoms with Gasteiger partial charge in [-0.1, -0.05) is 24.3 Å². The summed E-state index contributed by atoms with van der Waals surface area (Å²) in [5.74, 6) is 0.0327. The zero-order valence-electron chi connectivity index (χ0n) is 12.3. The summed E-state index contributed by atoms with van der Waals surface area (Å²) in [7, 11) is 0. The van der Waals surface area contributed by atoms with Crippen molar-refractivity contribution in [1.29, 1.82) is 0 Å². The van der Waals surface area contributed by atoms with Crippen molar-refractivity contribution in [1.82, 2.24) is 0 Å². The summed E-state index contributed by atoms with van der Waals surface area (Å²) < 4.78 is 23.3. The van der Waals surface area contributed by atoms with Crippen molar-refractivity contribution in [3.63, 3.8) is 0 Å². The predicted molar refractivity (Wildman–Crippen MR) is 82.8 cm³/mol. The summed E-state index contributed by atoms with van der Waals surface area (Å²) in [4.78, 5) is 11.3. The van der Waals surface area contributed by atoms with Crippen LogP contribution in [0.4, 0.5) is 4.39 Å². The topological polar surface area (TPSA) is 35.5 Å². The lowest BCUT2D eigenvalue weighted by Crippen LogP contribution is -1.98. The number of hydrogen-bond acceptors (Lipinski definition) is 3. The number of ether oxygens (including phenoxy) is 2. The molecular weight excluding hydrogens is 283 g/mol. The van der Waals surface area contributed by atoms with Gasteiger partial charge in [-0.15, -0.1) is 0 Å². The minimum Gasteiger partial charge on any atom is -0.489 e. The lowest BCUT2D eigenvalue weighted by Gasteiger charge is -2.07. The van der Waals surface area contributed by atoms with Gasteiger partial charge < -0.3 is 9.47 Å². The first-order valence-corrected chi connectivity index (χ1v) is 6.99. The van der Waals surface area contributed by atoms with Crippen LogP contribution in [0, 0.1) is 5.82 Å². The minimum absolute atomic E-state index is 0.269. The number of halogens is 1. The quantitative estimate of drug-likeness (QED) is 0.598. The molecule has 0 spiro atoms. The fourth-order valence-corrected chi connectivity index (χ4v) is 1.81. The highest BCUT2D eigenvalue weighted by atomic mass is 19.1. The Morgan fingerprint density at radius 2 is 1.95 bits per heavy atom. The summed E-state index contributed by atoms with van der Waals surface area (Å²) in [5, 5.41) is 0. The van der Waals surface area contributed by atoms with Crippen molar-refractivity contribution in [2.24, 2.45) is 0 Å². The Labute approximate surface area is 129 Å². The maximum absolute atomic E-state index is 12.8. The third-order valence-corrected chi connectivity index (χ3v) is 2.88. The van der Waals surface area contributed by atoms with Gasteiger partial charge in [0.25, 0.3) is 0 Å². The monoisotopic (exact) mass is 300 g/mol. The van der Waals surface area contributed by atoms with E-state index in [9.17, 15) is 9.18 Å². The smallest absolute Gasteiger partial charge is 0.330 e. The van der Waals surface area contributed by atoms with Crippen LogP contribution in [-0.4, -0.2) is 12.6 Å². The highest BCUT2D eigenvalue weighted by Crippen LogP contribution is 2.16. The molecule has 0 aliphatic rings. The maximum Gasteiger partial charge on any atom is 0.330 e. The number of carbonyl (C=O) groups excluding carboxylic acids is 1. The first-order chi connectivity index (χ1) is 10.7. The molecule has 3 nitrogen and oxygen atoms in total. The number of carbonyl (C=O) groups is 1. The minimum atomic E-state index is -0.375. The first-order valence-electron chi connectivity index (χ1n) is 6.99. The van der Waals surface area contributed by atoms with E-state index in [1.165, 1.54) is 18.2 Å². The molecule has 0 N–H and O–H groups in total. The van der Waals surface area contributed by atoms with E-state index in [0.717, 1.165) is 11.1 Å². The SMILES string of the molecule is CCOC(=O)/C=C/c1cccc(OCc2ccc(F)cc2)c1. The highest BCUT2D eigenvalue weighted by molar-refractivity contribution is 5.87. The summed E-state index contributed by atoms with van der Waals surface area (Å²) >= 11 is 0. The molecule has 2 aromatic carbocycles. The molecule has 4 heteroatoms. The van der Waals surface area contributed by atoms with Crippen LogP contribution in [0.15, 0.2) is 54.6 Å². The summed E-state index contributed by atoms with van der Waals surface area (Å²) in [5.41, 5.74) is 1.72. The van der Waals surface area contributed by atoms with Crippen molar-refractivity contribution in [2.45, 2.75) is 13.5 Å². The Bertz CT molecular complexity index is 648. The molecule has 0 saturated heterocycles. The van der Waals surface area contributed by atoms with E-state index in [2.05, 4.69) is 0 Å². The zero-order chi connectivity index (χ0) is 15.8. The Morgan fingerprint density at radius 3 is 2.68 bits per heavy atom. The molecule has 0 unspecified atom stereocenters. The summed E-state index contributed by atoms with van der Waals surface area (Å²) in [6.07, 6.45) is 3.05. The first kappa shape index (κ1) is 15.8. The van der Waals surface area contributed by atoms with Crippen molar-refractivity contribution >= 4 is 12.0 Å². The average molecular weight is 300 g/mol. The van der Waals surface area contributed by atoms with Crippen LogP contribution in [0.2, 0.25) is 0 Å². The van der Waals surface area contributed by atoms with E-state index in [0.29, 0.717) is 19.0 Å². The van der Waals surface area contributed by atoms with E-state index in [-0.39, 0.29) is 11.8 Å². The Hall–Kier alpha value is -2.62. The van der Waals surface area contributed by atoms with Gasteiger partial charge in [-0.2, -0.15) is 0 Å². The number of rotatable bonds is 6. The maximum atomic E-state index is 12.8. The second kappa shape index (κ2) is 7.98. The summed E-state index contributed by atoms with van der Waals surface area (Å²) in [6.45, 7) is 2.46. The van der Waals surface area contributed by atoms with Gasteiger partial charge in [0.05, 0.1) is 6.61 Å². The highest BCUT2D eigenvalue weighted by Gasteiger charge is 1.99. The standard InChI is InChI=1S/C18H17FO3/c1-2-21-18(20)11-8-14-4-3-5-17(12-14)22-13-15-6-9-16(19)10-7-15/h3-12H,2,13H2,1H3/b11-8+. The van der Waals surface area contributed by atoms with Gasteiger partial charge in [-0.25, -0.2) is 9.18 Å². The second-order valence-corrected chi connectivity index (χ2v) is 4.57. The largest absolute Gasteiger partial charge is 0.489 e. The molecule has 2 rings (SSSR count). The molecule has 22 heavy (non-hydrogen) atoms. The Morgan fingerprint density at radius 1 is 1.18 bits per heavy atom. The summed E-state index contributed by atoms with van der Waals surface area (Å²) in [6, 6.07) is 13.5. The molecule has 0 radical (unpaired) electrons. The lowest BCUT2D eigenvalue weighted by molar-refractivity contribution is -0.137. The number of esters is 1. The van der Waals surface area contributed by atoms with Crippen LogP contribution in [-0.2, 0) is 16.1 Å². The van der Waals surface area contributed by atoms with E-state index in [4.69, 9.17) is 9.47 Å². The molecule has 0 heterocycles. The molecule has 0 aliphatic heterocycles. The molecule has 0 bridgehead atoms. The molecule has 0 atom stereocenters. The lowest BCUT2D eigenvalue weighted by atomic mass is 10.2. The normalized spacial score (nSPS) is 10.6.